The number of aromatic nitrogens is 2. The van der Waals surface area contributed by atoms with E-state index in [4.69, 9.17) is 0 Å². The molecule has 5 nitrogen and oxygen atoms in total. The van der Waals surface area contributed by atoms with Crippen LogP contribution in [-0.2, 0) is 4.79 Å². The summed E-state index contributed by atoms with van der Waals surface area (Å²) < 4.78 is 0. The largest absolute Gasteiger partial charge is 0.317 e. The van der Waals surface area contributed by atoms with E-state index in [1.54, 1.807) is 0 Å². The number of nitrogens with one attached hydrogen (secondary N) is 2. The molecule has 124 valence electrons. The fraction of sp³-hybridized carbons (Fsp3) is 0.812. The predicted octanol–water partition coefficient (Wildman–Crippen LogP) is 3.41. The summed E-state index contributed by atoms with van der Waals surface area (Å²) in [7, 11) is 0. The molecule has 2 N–H and O–H groups in total. The van der Waals surface area contributed by atoms with Crippen molar-refractivity contribution >= 4 is 22.4 Å². The Hall–Kier alpha value is -1.01. The quantitative estimate of drug-likeness (QED) is 0.806. The van der Waals surface area contributed by atoms with Crippen LogP contribution in [0.5, 0.6) is 0 Å². The van der Waals surface area contributed by atoms with Crippen molar-refractivity contribution in [3.8, 4) is 0 Å². The Kier molecular flexibility index (Phi) is 6.76. The molecule has 1 unspecified atom stereocenters. The molecule has 0 spiro atoms. The second kappa shape index (κ2) is 8.58. The van der Waals surface area contributed by atoms with E-state index in [0.29, 0.717) is 29.3 Å². The fourth-order valence-corrected chi connectivity index (χ4v) is 4.16. The first kappa shape index (κ1) is 17.3. The van der Waals surface area contributed by atoms with Gasteiger partial charge in [-0.1, -0.05) is 32.1 Å². The van der Waals surface area contributed by atoms with Crippen LogP contribution < -0.4 is 10.6 Å². The minimum Gasteiger partial charge on any atom is -0.317 e. The predicted molar refractivity (Wildman–Crippen MR) is 91.2 cm³/mol. The van der Waals surface area contributed by atoms with E-state index in [-0.39, 0.29) is 5.91 Å². The average Bonchev–Trinajstić information content (AvgIpc) is 2.97. The lowest BCUT2D eigenvalue weighted by atomic mass is 9.84. The Bertz CT molecular complexity index is 466. The summed E-state index contributed by atoms with van der Waals surface area (Å²) in [6, 6.07) is 0. The van der Waals surface area contributed by atoms with Gasteiger partial charge in [0.2, 0.25) is 11.0 Å². The van der Waals surface area contributed by atoms with Crippen LogP contribution in [0, 0.1) is 11.8 Å². The van der Waals surface area contributed by atoms with Gasteiger partial charge in [0.25, 0.3) is 0 Å². The first-order valence-corrected chi connectivity index (χ1v) is 9.29. The minimum absolute atomic E-state index is 0.0679. The van der Waals surface area contributed by atoms with E-state index in [1.807, 2.05) is 0 Å². The van der Waals surface area contributed by atoms with Crippen LogP contribution in [0.25, 0.3) is 0 Å². The van der Waals surface area contributed by atoms with Gasteiger partial charge in [-0.25, -0.2) is 0 Å². The molecule has 0 aliphatic carbocycles. The Morgan fingerprint density at radius 2 is 2.00 bits per heavy atom. The Morgan fingerprint density at radius 3 is 2.64 bits per heavy atom. The van der Waals surface area contributed by atoms with Gasteiger partial charge in [0, 0.05) is 12.3 Å². The van der Waals surface area contributed by atoms with Crippen molar-refractivity contribution < 1.29 is 4.79 Å². The van der Waals surface area contributed by atoms with E-state index in [2.05, 4.69) is 41.6 Å². The molecule has 1 saturated heterocycles. The molecule has 22 heavy (non-hydrogen) atoms. The van der Waals surface area contributed by atoms with E-state index in [1.165, 1.54) is 24.2 Å². The van der Waals surface area contributed by atoms with Gasteiger partial charge in [-0.15, -0.1) is 10.2 Å². The molecular formula is C16H28N4OS. The number of amides is 1. The summed E-state index contributed by atoms with van der Waals surface area (Å²) >= 11 is 1.52. The highest BCUT2D eigenvalue weighted by atomic mass is 32.1. The number of hydrogen-bond donors (Lipinski definition) is 2. The SMILES string of the molecule is CCC(CC)c1nnc(NC(=O)CC(C)C2CCNCC2)s1. The summed E-state index contributed by atoms with van der Waals surface area (Å²) in [5, 5.41) is 16.3. The zero-order chi connectivity index (χ0) is 15.9. The highest BCUT2D eigenvalue weighted by molar-refractivity contribution is 7.15. The highest BCUT2D eigenvalue weighted by Crippen LogP contribution is 2.29. The summed E-state index contributed by atoms with van der Waals surface area (Å²) in [6.07, 6.45) is 5.04. The molecule has 1 aromatic rings. The Balaban J connectivity index is 1.83. The van der Waals surface area contributed by atoms with Crippen molar-refractivity contribution in [3.63, 3.8) is 0 Å². The van der Waals surface area contributed by atoms with E-state index < -0.39 is 0 Å². The summed E-state index contributed by atoms with van der Waals surface area (Å²) in [6.45, 7) is 8.66. The fourth-order valence-electron chi connectivity index (χ4n) is 3.13. The number of hydrogen-bond acceptors (Lipinski definition) is 5. The zero-order valence-corrected chi connectivity index (χ0v) is 14.7. The van der Waals surface area contributed by atoms with Crippen LogP contribution in [0.1, 0.15) is 63.8 Å². The standard InChI is InChI=1S/C16H28N4OS/c1-4-12(5-2)15-19-20-16(22-15)18-14(21)10-11(3)13-6-8-17-9-7-13/h11-13,17H,4-10H2,1-3H3,(H,18,20,21). The number of anilines is 1. The van der Waals surface area contributed by atoms with Crippen LogP contribution in [0.4, 0.5) is 5.13 Å². The van der Waals surface area contributed by atoms with E-state index in [0.717, 1.165) is 30.9 Å². The van der Waals surface area contributed by atoms with Gasteiger partial charge in [-0.2, -0.15) is 0 Å². The Morgan fingerprint density at radius 1 is 1.32 bits per heavy atom. The molecule has 0 bridgehead atoms. The van der Waals surface area contributed by atoms with Crippen molar-refractivity contribution in [1.82, 2.24) is 15.5 Å². The van der Waals surface area contributed by atoms with Crippen LogP contribution in [0.3, 0.4) is 0 Å². The maximum atomic E-state index is 12.2. The van der Waals surface area contributed by atoms with Gasteiger partial charge in [0.15, 0.2) is 0 Å². The topological polar surface area (TPSA) is 66.9 Å². The molecule has 0 aromatic carbocycles. The smallest absolute Gasteiger partial charge is 0.226 e. The van der Waals surface area contributed by atoms with Crippen LogP contribution >= 0.6 is 11.3 Å². The van der Waals surface area contributed by atoms with Crippen molar-refractivity contribution in [1.29, 1.82) is 0 Å². The van der Waals surface area contributed by atoms with Gasteiger partial charge < -0.3 is 10.6 Å². The third-order valence-corrected chi connectivity index (χ3v) is 5.72. The van der Waals surface area contributed by atoms with Gasteiger partial charge in [-0.05, 0) is 50.6 Å². The van der Waals surface area contributed by atoms with Gasteiger partial charge >= 0.3 is 0 Å². The maximum absolute atomic E-state index is 12.2. The van der Waals surface area contributed by atoms with E-state index >= 15 is 0 Å². The normalized spacial score (nSPS) is 17.6. The van der Waals surface area contributed by atoms with Crippen molar-refractivity contribution in [2.75, 3.05) is 18.4 Å². The lowest BCUT2D eigenvalue weighted by Gasteiger charge is -2.27. The third-order valence-electron chi connectivity index (χ3n) is 4.72. The molecule has 1 aromatic heterocycles. The van der Waals surface area contributed by atoms with Crippen LogP contribution in [0.2, 0.25) is 0 Å². The Labute approximate surface area is 137 Å². The molecule has 2 rings (SSSR count). The number of carbonyl (C=O) groups excluding carboxylic acids is 1. The molecule has 6 heteroatoms. The van der Waals surface area contributed by atoms with Gasteiger partial charge in [0.05, 0.1) is 0 Å². The number of rotatable bonds is 7. The molecule has 1 atom stereocenters. The first-order chi connectivity index (χ1) is 10.6. The molecule has 0 radical (unpaired) electrons. The second-order valence-electron chi connectivity index (χ2n) is 6.28. The minimum atomic E-state index is 0.0679. The molecule has 1 aliphatic heterocycles. The summed E-state index contributed by atoms with van der Waals surface area (Å²) in [5.74, 6) is 1.60. The monoisotopic (exact) mass is 324 g/mol. The summed E-state index contributed by atoms with van der Waals surface area (Å²) in [4.78, 5) is 12.2. The molecule has 0 saturated carbocycles. The molecule has 1 aliphatic rings. The maximum Gasteiger partial charge on any atom is 0.226 e. The number of nitrogens with zero attached hydrogens (tertiary/aromatic N) is 2. The van der Waals surface area contributed by atoms with Crippen LogP contribution in [-0.4, -0.2) is 29.2 Å². The van der Waals surface area contributed by atoms with Crippen molar-refractivity contribution in [2.24, 2.45) is 11.8 Å². The van der Waals surface area contributed by atoms with Crippen molar-refractivity contribution in [3.05, 3.63) is 5.01 Å². The highest BCUT2D eigenvalue weighted by Gasteiger charge is 2.22. The lowest BCUT2D eigenvalue weighted by molar-refractivity contribution is -0.117. The second-order valence-corrected chi connectivity index (χ2v) is 7.28. The summed E-state index contributed by atoms with van der Waals surface area (Å²) in [5.41, 5.74) is 0. The molecule has 2 heterocycles. The van der Waals surface area contributed by atoms with Crippen LogP contribution in [0.15, 0.2) is 0 Å². The zero-order valence-electron chi connectivity index (χ0n) is 13.9. The lowest BCUT2D eigenvalue weighted by Crippen LogP contribution is -2.32. The van der Waals surface area contributed by atoms with E-state index in [9.17, 15) is 4.79 Å². The third kappa shape index (κ3) is 4.74. The van der Waals surface area contributed by atoms with Crippen molar-refractivity contribution in [2.45, 2.75) is 58.8 Å². The number of piperidine rings is 1. The molecular weight excluding hydrogens is 296 g/mol. The molecule has 1 fully saturated rings. The average molecular weight is 324 g/mol. The molecule has 1 amide bonds. The number of carbonyl (C=O) groups is 1. The van der Waals surface area contributed by atoms with Gasteiger partial charge in [0.1, 0.15) is 5.01 Å². The van der Waals surface area contributed by atoms with Gasteiger partial charge in [-0.3, -0.25) is 4.79 Å². The first-order valence-electron chi connectivity index (χ1n) is 8.48.